The minimum Gasteiger partial charge on any atom is -0.456 e. The molecule has 8 aromatic carbocycles. The highest BCUT2D eigenvalue weighted by atomic mass is 16.4. The van der Waals surface area contributed by atoms with Crippen LogP contribution in [0, 0.1) is 6.92 Å². The zero-order valence-electron chi connectivity index (χ0n) is 35.1. The van der Waals surface area contributed by atoms with Gasteiger partial charge in [0.2, 0.25) is 0 Å². The zero-order chi connectivity index (χ0) is 42.8. The maximum absolute atomic E-state index is 13.6. The van der Waals surface area contributed by atoms with Gasteiger partial charge < -0.3 is 18.2 Å². The number of fused-ring (bicyclic) bond motifs is 5. The minimum atomic E-state index is -0.423. The number of hydrogen-bond donors (Lipinski definition) is 0. The molecule has 0 N–H and O–H groups in total. The van der Waals surface area contributed by atoms with Gasteiger partial charge in [-0.25, -0.2) is 9.59 Å². The Kier molecular flexibility index (Phi) is 9.16. The van der Waals surface area contributed by atoms with Gasteiger partial charge in [0.15, 0.2) is 0 Å². The summed E-state index contributed by atoms with van der Waals surface area (Å²) in [5, 5.41) is 8.20. The molecular weight excluding hydrogens is 779 g/mol. The van der Waals surface area contributed by atoms with Crippen molar-refractivity contribution < 1.29 is 13.3 Å². The molecule has 0 bridgehead atoms. The normalized spacial score (nSPS) is 11.7. The van der Waals surface area contributed by atoms with Gasteiger partial charge >= 0.3 is 11.3 Å². The number of hydrogen-bond acceptors (Lipinski definition) is 6. The van der Waals surface area contributed by atoms with Crippen LogP contribution in [0.15, 0.2) is 193 Å². The van der Waals surface area contributed by atoms with Gasteiger partial charge in [0.05, 0.1) is 5.56 Å². The van der Waals surface area contributed by atoms with Crippen LogP contribution in [-0.4, -0.2) is 13.1 Å². The van der Waals surface area contributed by atoms with Gasteiger partial charge in [0, 0.05) is 41.2 Å². The molecular formula is C57H41NO5. The van der Waals surface area contributed by atoms with Crippen LogP contribution in [-0.2, 0) is 0 Å². The highest BCUT2D eigenvalue weighted by molar-refractivity contribution is 6.11. The fraction of sp³-hybridized carbons (Fsp3) is 0.0877. The van der Waals surface area contributed by atoms with E-state index >= 15 is 0 Å². The molecule has 0 aliphatic heterocycles. The predicted molar refractivity (Wildman–Crippen MR) is 259 cm³/mol. The fourth-order valence-corrected chi connectivity index (χ4v) is 9.45. The average Bonchev–Trinajstić information content (AvgIpc) is 3.80. The van der Waals surface area contributed by atoms with E-state index in [1.54, 1.807) is 0 Å². The van der Waals surface area contributed by atoms with E-state index in [2.05, 4.69) is 122 Å². The summed E-state index contributed by atoms with van der Waals surface area (Å²) < 4.78 is 18.4. The lowest BCUT2D eigenvalue weighted by Gasteiger charge is -2.21. The van der Waals surface area contributed by atoms with E-state index in [9.17, 15) is 9.59 Å². The fourth-order valence-electron chi connectivity index (χ4n) is 9.45. The molecule has 6 nitrogen and oxygen atoms in total. The summed E-state index contributed by atoms with van der Waals surface area (Å²) in [5.41, 5.74) is 9.14. The molecule has 0 fully saturated rings. The van der Waals surface area contributed by atoms with Crippen molar-refractivity contribution in [1.82, 2.24) is 0 Å². The van der Waals surface area contributed by atoms with Crippen LogP contribution in [0.3, 0.4) is 0 Å². The molecule has 0 radical (unpaired) electrons. The Morgan fingerprint density at radius 1 is 0.413 bits per heavy atom. The van der Waals surface area contributed by atoms with Crippen LogP contribution in [0.25, 0.3) is 110 Å². The van der Waals surface area contributed by atoms with Crippen molar-refractivity contribution in [2.75, 3.05) is 18.0 Å². The summed E-state index contributed by atoms with van der Waals surface area (Å²) >= 11 is 0. The number of nitrogens with zero attached hydrogens (tertiary/aromatic N) is 1. The van der Waals surface area contributed by atoms with E-state index in [0.717, 1.165) is 101 Å². The Bertz CT molecular complexity index is 3740. The molecule has 0 spiro atoms. The SMILES string of the molecule is CCN(CC)c1ccc2c(C)c(-c3ccc(-c4cccc5c(-c6cccc7c(-c8cccc(-c9cc%10cc%11ccccc%11cc%10oc9=O)c8)cccc67)cccc45)o3)c(=O)oc2c1. The minimum absolute atomic E-state index is 0.366. The van der Waals surface area contributed by atoms with Crippen LogP contribution in [0.5, 0.6) is 0 Å². The molecule has 11 rings (SSSR count). The topological polar surface area (TPSA) is 76.8 Å². The standard InChI is InChI=1S/C57H41NO5/c1-4-58(5-2)40-25-26-41-34(3)55(57(60)63-54(41)33-40)52-28-27-51(61-52)49-24-12-22-47-46(21-11-23-48(47)49)45-20-10-18-43-42(17-9-19-44(43)45)37-15-8-16-38(30-37)50-31-39-29-35-13-6-7-14-36(35)32-53(39)62-56(50)59/h6-33H,4-5H2,1-3H3. The average molecular weight is 820 g/mol. The first kappa shape index (κ1) is 38.0. The molecule has 6 heteroatoms. The summed E-state index contributed by atoms with van der Waals surface area (Å²) in [6, 6.07) is 57.5. The lowest BCUT2D eigenvalue weighted by molar-refractivity contribution is 0.550. The summed E-state index contributed by atoms with van der Waals surface area (Å²) in [7, 11) is 0. The van der Waals surface area contributed by atoms with Crippen molar-refractivity contribution in [3.05, 3.63) is 196 Å². The molecule has 0 aliphatic carbocycles. The summed E-state index contributed by atoms with van der Waals surface area (Å²) in [6.45, 7) is 7.91. The first-order valence-electron chi connectivity index (χ1n) is 21.4. The third-order valence-electron chi connectivity index (χ3n) is 12.6. The van der Waals surface area contributed by atoms with Crippen molar-refractivity contribution >= 4 is 59.9 Å². The molecule has 3 heterocycles. The maximum Gasteiger partial charge on any atom is 0.347 e. The second kappa shape index (κ2) is 15.2. The lowest BCUT2D eigenvalue weighted by Crippen LogP contribution is -2.21. The van der Waals surface area contributed by atoms with E-state index in [0.29, 0.717) is 33.8 Å². The quantitative estimate of drug-likeness (QED) is 0.112. The van der Waals surface area contributed by atoms with Crippen molar-refractivity contribution in [2.45, 2.75) is 20.8 Å². The van der Waals surface area contributed by atoms with Gasteiger partial charge in [-0.3, -0.25) is 0 Å². The van der Waals surface area contributed by atoms with E-state index < -0.39 is 5.63 Å². The highest BCUT2D eigenvalue weighted by Crippen LogP contribution is 2.41. The molecule has 11 aromatic rings. The number of anilines is 1. The summed E-state index contributed by atoms with van der Waals surface area (Å²) in [5.74, 6) is 1.14. The first-order valence-corrected chi connectivity index (χ1v) is 21.4. The second-order valence-corrected chi connectivity index (χ2v) is 16.1. The largest absolute Gasteiger partial charge is 0.456 e. The Morgan fingerprint density at radius 2 is 0.984 bits per heavy atom. The smallest absolute Gasteiger partial charge is 0.347 e. The van der Waals surface area contributed by atoms with Crippen LogP contribution in [0.4, 0.5) is 5.69 Å². The number of aryl methyl sites for hydroxylation is 1. The third kappa shape index (κ3) is 6.42. The molecule has 63 heavy (non-hydrogen) atoms. The molecule has 0 unspecified atom stereocenters. The second-order valence-electron chi connectivity index (χ2n) is 16.1. The van der Waals surface area contributed by atoms with E-state index in [1.807, 2.05) is 73.7 Å². The number of rotatable bonds is 8. The van der Waals surface area contributed by atoms with Crippen molar-refractivity contribution in [2.24, 2.45) is 0 Å². The highest BCUT2D eigenvalue weighted by Gasteiger charge is 2.20. The summed E-state index contributed by atoms with van der Waals surface area (Å²) in [4.78, 5) is 29.2. The van der Waals surface area contributed by atoms with E-state index in [4.69, 9.17) is 13.3 Å². The van der Waals surface area contributed by atoms with Gasteiger partial charge in [-0.1, -0.05) is 115 Å². The predicted octanol–water partition coefficient (Wildman–Crippen LogP) is 14.4. The molecule has 0 saturated carbocycles. The van der Waals surface area contributed by atoms with Crippen LogP contribution in [0.2, 0.25) is 0 Å². The Morgan fingerprint density at radius 3 is 1.68 bits per heavy atom. The number of furan rings is 1. The van der Waals surface area contributed by atoms with Gasteiger partial charge in [-0.05, 0) is 135 Å². The third-order valence-corrected chi connectivity index (χ3v) is 12.6. The van der Waals surface area contributed by atoms with Gasteiger partial charge in [0.1, 0.15) is 28.2 Å². The Balaban J connectivity index is 0.966. The monoisotopic (exact) mass is 819 g/mol. The van der Waals surface area contributed by atoms with Gasteiger partial charge in [-0.15, -0.1) is 0 Å². The van der Waals surface area contributed by atoms with Gasteiger partial charge in [0.25, 0.3) is 0 Å². The number of benzene rings is 8. The van der Waals surface area contributed by atoms with Crippen molar-refractivity contribution in [3.8, 4) is 56.0 Å². The molecule has 304 valence electrons. The zero-order valence-corrected chi connectivity index (χ0v) is 35.1. The first-order chi connectivity index (χ1) is 30.9. The van der Waals surface area contributed by atoms with Crippen LogP contribution >= 0.6 is 0 Å². The van der Waals surface area contributed by atoms with Crippen LogP contribution < -0.4 is 16.2 Å². The molecule has 3 aromatic heterocycles. The summed E-state index contributed by atoms with van der Waals surface area (Å²) in [6.07, 6.45) is 0. The molecule has 0 atom stereocenters. The van der Waals surface area contributed by atoms with Crippen molar-refractivity contribution in [1.29, 1.82) is 0 Å². The van der Waals surface area contributed by atoms with E-state index in [1.165, 1.54) is 0 Å². The molecule has 0 amide bonds. The van der Waals surface area contributed by atoms with Crippen LogP contribution in [0.1, 0.15) is 19.4 Å². The van der Waals surface area contributed by atoms with Crippen molar-refractivity contribution in [3.63, 3.8) is 0 Å². The lowest BCUT2D eigenvalue weighted by atomic mass is 9.89. The maximum atomic E-state index is 13.6. The Hall–Kier alpha value is -7.96. The Labute approximate surface area is 362 Å². The molecule has 0 saturated heterocycles. The molecule has 0 aliphatic rings. The van der Waals surface area contributed by atoms with Gasteiger partial charge in [-0.2, -0.15) is 0 Å². The van der Waals surface area contributed by atoms with E-state index in [-0.39, 0.29) is 5.63 Å².